The monoisotopic (exact) mass is 530 g/mol. The Bertz CT molecular complexity index is 1160. The highest BCUT2D eigenvalue weighted by atomic mass is 16.4. The van der Waals surface area contributed by atoms with Crippen molar-refractivity contribution in [2.24, 2.45) is 23.3 Å². The van der Waals surface area contributed by atoms with Gasteiger partial charge >= 0.3 is 5.97 Å². The van der Waals surface area contributed by atoms with Crippen molar-refractivity contribution >= 4 is 40.5 Å². The summed E-state index contributed by atoms with van der Waals surface area (Å²) in [6, 6.07) is 2.66. The third-order valence-electron chi connectivity index (χ3n) is 6.06. The number of carbonyl (C=O) groups excluding carboxylic acids is 4. The number of aromatic amines is 1. The highest BCUT2D eigenvalue weighted by Gasteiger charge is 2.32. The number of aromatic nitrogens is 1. The van der Waals surface area contributed by atoms with Gasteiger partial charge in [0.25, 0.3) is 0 Å². The number of para-hydroxylation sites is 1. The Labute approximate surface area is 221 Å². The van der Waals surface area contributed by atoms with Gasteiger partial charge in [-0.1, -0.05) is 45.9 Å². The number of aliphatic carboxylic acids is 1. The molecule has 38 heavy (non-hydrogen) atoms. The second-order valence-corrected chi connectivity index (χ2v) is 10.2. The molecule has 12 nitrogen and oxygen atoms in total. The molecule has 2 rings (SSSR count). The maximum absolute atomic E-state index is 13.3. The zero-order chi connectivity index (χ0) is 28.6. The van der Waals surface area contributed by atoms with Crippen LogP contribution < -0.4 is 27.4 Å². The van der Waals surface area contributed by atoms with Gasteiger partial charge in [-0.25, -0.2) is 4.79 Å². The van der Waals surface area contributed by atoms with E-state index in [2.05, 4.69) is 20.9 Å². The first-order valence-electron chi connectivity index (χ1n) is 12.5. The smallest absolute Gasteiger partial charge is 0.326 e. The van der Waals surface area contributed by atoms with Gasteiger partial charge in [-0.3, -0.25) is 19.2 Å². The number of carboxylic acids is 1. The molecule has 1 aromatic carbocycles. The topological polar surface area (TPSA) is 209 Å². The van der Waals surface area contributed by atoms with Gasteiger partial charge in [-0.05, 0) is 29.9 Å². The summed E-state index contributed by atoms with van der Waals surface area (Å²) in [5.74, 6) is -4.56. The number of hydrogen-bond acceptors (Lipinski definition) is 6. The van der Waals surface area contributed by atoms with Crippen LogP contribution in [0.5, 0.6) is 0 Å². The minimum atomic E-state index is -1.38. The molecule has 4 amide bonds. The van der Waals surface area contributed by atoms with Crippen LogP contribution in [-0.2, 0) is 30.4 Å². The minimum Gasteiger partial charge on any atom is -0.480 e. The SMILES string of the molecule is CC(C)CC(N)C(=O)NC(CC(N)=O)C(=O)NC(Cc1c[nH]c2ccccc12)C(=O)NC(C(=O)O)C(C)C. The molecule has 9 N–H and O–H groups in total. The van der Waals surface area contributed by atoms with Gasteiger partial charge in [-0.15, -0.1) is 0 Å². The van der Waals surface area contributed by atoms with E-state index in [1.807, 2.05) is 38.1 Å². The van der Waals surface area contributed by atoms with E-state index in [0.29, 0.717) is 12.0 Å². The third kappa shape index (κ3) is 8.58. The maximum Gasteiger partial charge on any atom is 0.326 e. The number of benzene rings is 1. The van der Waals surface area contributed by atoms with Crippen molar-refractivity contribution in [2.45, 2.75) is 71.1 Å². The first-order chi connectivity index (χ1) is 17.8. The zero-order valence-electron chi connectivity index (χ0n) is 22.1. The molecule has 208 valence electrons. The lowest BCUT2D eigenvalue weighted by Crippen LogP contribution is -2.58. The molecule has 4 atom stereocenters. The minimum absolute atomic E-state index is 0.0100. The van der Waals surface area contributed by atoms with Crippen LogP contribution in [0.25, 0.3) is 10.9 Å². The molecular formula is C26H38N6O6. The van der Waals surface area contributed by atoms with Gasteiger partial charge in [0.1, 0.15) is 18.1 Å². The van der Waals surface area contributed by atoms with Gasteiger partial charge in [0.15, 0.2) is 0 Å². The molecule has 0 saturated carbocycles. The zero-order valence-corrected chi connectivity index (χ0v) is 22.1. The molecule has 0 aliphatic carbocycles. The average Bonchev–Trinajstić information content (AvgIpc) is 3.23. The summed E-state index contributed by atoms with van der Waals surface area (Å²) in [5.41, 5.74) is 12.7. The number of carbonyl (C=O) groups is 5. The van der Waals surface area contributed by atoms with Crippen LogP contribution in [0.15, 0.2) is 30.5 Å². The van der Waals surface area contributed by atoms with Crippen molar-refractivity contribution in [1.29, 1.82) is 0 Å². The van der Waals surface area contributed by atoms with E-state index in [4.69, 9.17) is 11.5 Å². The quantitative estimate of drug-likeness (QED) is 0.180. The summed E-state index contributed by atoms with van der Waals surface area (Å²) >= 11 is 0. The second-order valence-electron chi connectivity index (χ2n) is 10.2. The van der Waals surface area contributed by atoms with Crippen molar-refractivity contribution in [1.82, 2.24) is 20.9 Å². The number of nitrogens with two attached hydrogens (primary N) is 2. The number of rotatable bonds is 14. The summed E-state index contributed by atoms with van der Waals surface area (Å²) in [6.07, 6.45) is 1.54. The van der Waals surface area contributed by atoms with E-state index < -0.39 is 66.1 Å². The Hall–Kier alpha value is -3.93. The summed E-state index contributed by atoms with van der Waals surface area (Å²) < 4.78 is 0. The molecule has 12 heteroatoms. The van der Waals surface area contributed by atoms with E-state index in [1.165, 1.54) is 0 Å². The summed E-state index contributed by atoms with van der Waals surface area (Å²) in [5, 5.41) is 17.9. The van der Waals surface area contributed by atoms with E-state index in [0.717, 1.165) is 10.9 Å². The molecule has 0 spiro atoms. The second kappa shape index (κ2) is 13.6. The van der Waals surface area contributed by atoms with Crippen molar-refractivity contribution in [3.8, 4) is 0 Å². The number of amides is 4. The van der Waals surface area contributed by atoms with Crippen LogP contribution in [0.2, 0.25) is 0 Å². The molecule has 0 bridgehead atoms. The molecule has 1 aromatic heterocycles. The van der Waals surface area contributed by atoms with E-state index in [1.54, 1.807) is 20.0 Å². The highest BCUT2D eigenvalue weighted by molar-refractivity contribution is 5.96. The van der Waals surface area contributed by atoms with Crippen LogP contribution >= 0.6 is 0 Å². The van der Waals surface area contributed by atoms with Gasteiger partial charge in [-0.2, -0.15) is 0 Å². The molecule has 1 heterocycles. The fourth-order valence-corrected chi connectivity index (χ4v) is 4.07. The largest absolute Gasteiger partial charge is 0.480 e. The number of H-pyrrole nitrogens is 1. The molecule has 0 saturated heterocycles. The number of carboxylic acid groups (broad SMARTS) is 1. The van der Waals surface area contributed by atoms with E-state index in [-0.39, 0.29) is 12.3 Å². The molecule has 0 fully saturated rings. The van der Waals surface area contributed by atoms with Crippen LogP contribution in [0.4, 0.5) is 0 Å². The fraction of sp³-hybridized carbons (Fsp3) is 0.500. The number of hydrogen-bond donors (Lipinski definition) is 7. The molecule has 0 radical (unpaired) electrons. The van der Waals surface area contributed by atoms with Crippen molar-refractivity contribution in [2.75, 3.05) is 0 Å². The Morgan fingerprint density at radius 1 is 0.921 bits per heavy atom. The molecule has 0 aliphatic heterocycles. The first kappa shape index (κ1) is 30.3. The van der Waals surface area contributed by atoms with Crippen molar-refractivity contribution in [3.63, 3.8) is 0 Å². The number of nitrogens with one attached hydrogen (secondary N) is 4. The number of primary amides is 1. The van der Waals surface area contributed by atoms with E-state index >= 15 is 0 Å². The van der Waals surface area contributed by atoms with E-state index in [9.17, 15) is 29.1 Å². The molecule has 4 unspecified atom stereocenters. The van der Waals surface area contributed by atoms with Gasteiger partial charge in [0.05, 0.1) is 12.5 Å². The van der Waals surface area contributed by atoms with Crippen LogP contribution in [-0.4, -0.2) is 63.9 Å². The van der Waals surface area contributed by atoms with Gasteiger partial charge < -0.3 is 37.5 Å². The summed E-state index contributed by atoms with van der Waals surface area (Å²) in [6.45, 7) is 7.06. The number of fused-ring (bicyclic) bond motifs is 1. The average molecular weight is 531 g/mol. The van der Waals surface area contributed by atoms with Crippen LogP contribution in [0.1, 0.15) is 46.1 Å². The lowest BCUT2D eigenvalue weighted by Gasteiger charge is -2.26. The Morgan fingerprint density at radius 3 is 2.11 bits per heavy atom. The predicted molar refractivity (Wildman–Crippen MR) is 142 cm³/mol. The molecule has 2 aromatic rings. The summed E-state index contributed by atoms with van der Waals surface area (Å²) in [4.78, 5) is 65.5. The molecule has 0 aliphatic rings. The Kier molecular flexibility index (Phi) is 10.8. The maximum atomic E-state index is 13.3. The van der Waals surface area contributed by atoms with Crippen LogP contribution in [0.3, 0.4) is 0 Å². The Balaban J connectivity index is 2.33. The van der Waals surface area contributed by atoms with Crippen LogP contribution in [0, 0.1) is 11.8 Å². The molecular weight excluding hydrogens is 492 g/mol. The standard InChI is InChI=1S/C26H38N6O6/c1-13(2)9-17(27)23(34)30-20(11-21(28)33)24(35)31-19(25(36)32-22(14(3)4)26(37)38)10-15-12-29-18-8-6-5-7-16(15)18/h5-8,12-14,17,19-20,22,29H,9-11,27H2,1-4H3,(H2,28,33)(H,30,34)(H,31,35)(H,32,36)(H,37,38). The predicted octanol–water partition coefficient (Wildman–Crippen LogP) is 0.154. The third-order valence-corrected chi connectivity index (χ3v) is 6.06. The van der Waals surface area contributed by atoms with Crippen molar-refractivity contribution < 1.29 is 29.1 Å². The summed E-state index contributed by atoms with van der Waals surface area (Å²) in [7, 11) is 0. The fourth-order valence-electron chi connectivity index (χ4n) is 4.07. The first-order valence-corrected chi connectivity index (χ1v) is 12.5. The van der Waals surface area contributed by atoms with Gasteiger partial charge in [0.2, 0.25) is 23.6 Å². The lowest BCUT2D eigenvalue weighted by molar-refractivity contribution is -0.143. The highest BCUT2D eigenvalue weighted by Crippen LogP contribution is 2.19. The van der Waals surface area contributed by atoms with Crippen molar-refractivity contribution in [3.05, 3.63) is 36.0 Å². The normalized spacial score (nSPS) is 14.5. The Morgan fingerprint density at radius 2 is 1.53 bits per heavy atom. The lowest BCUT2D eigenvalue weighted by atomic mass is 10.0. The van der Waals surface area contributed by atoms with Gasteiger partial charge in [0, 0.05) is 23.5 Å².